The van der Waals surface area contributed by atoms with Crippen LogP contribution < -0.4 is 15.4 Å². The molecule has 1 aliphatic heterocycles. The molecule has 2 N–H and O–H groups in total. The van der Waals surface area contributed by atoms with Gasteiger partial charge in [0.05, 0.1) is 6.54 Å². The van der Waals surface area contributed by atoms with Gasteiger partial charge in [0.25, 0.3) is 0 Å². The third-order valence-corrected chi connectivity index (χ3v) is 4.76. The van der Waals surface area contributed by atoms with Gasteiger partial charge in [-0.05, 0) is 6.07 Å². The summed E-state index contributed by atoms with van der Waals surface area (Å²) in [5, 5.41) is 2.91. The van der Waals surface area contributed by atoms with Crippen molar-refractivity contribution < 1.29 is 17.9 Å². The number of hydrogen-bond acceptors (Lipinski definition) is 6. The molecule has 0 aromatic carbocycles. The molecule has 1 aliphatic rings. The molecule has 0 aliphatic carbocycles. The van der Waals surface area contributed by atoms with E-state index >= 15 is 0 Å². The topological polar surface area (TPSA) is 79.9 Å². The van der Waals surface area contributed by atoms with Gasteiger partial charge in [0.1, 0.15) is 0 Å². The Bertz CT molecular complexity index is 766. The van der Waals surface area contributed by atoms with Crippen molar-refractivity contribution in [3.63, 3.8) is 0 Å². The first-order chi connectivity index (χ1) is 12.9. The monoisotopic (exact) mass is 528 g/mol. The number of hydrogen-bond donors (Lipinski definition) is 1. The molecular formula is C16H20F3IN6OS. The number of aliphatic imine (C=N–C) groups is 1. The number of rotatable bonds is 5. The summed E-state index contributed by atoms with van der Waals surface area (Å²) in [6, 6.07) is 3.24. The molecule has 3 heterocycles. The van der Waals surface area contributed by atoms with Gasteiger partial charge < -0.3 is 20.3 Å². The van der Waals surface area contributed by atoms with Gasteiger partial charge in [0, 0.05) is 49.5 Å². The Morgan fingerprint density at radius 1 is 1.21 bits per heavy atom. The number of ether oxygens (including phenoxy) is 1. The molecule has 2 aromatic heterocycles. The van der Waals surface area contributed by atoms with Gasteiger partial charge in [-0.1, -0.05) is 6.07 Å². The van der Waals surface area contributed by atoms with Crippen molar-refractivity contribution in [1.82, 2.24) is 14.9 Å². The number of piperazine rings is 1. The molecule has 1 fully saturated rings. The van der Waals surface area contributed by atoms with Gasteiger partial charge >= 0.3 is 6.18 Å². The molecule has 1 saturated heterocycles. The van der Waals surface area contributed by atoms with Crippen molar-refractivity contribution in [3.05, 3.63) is 35.5 Å². The molecule has 154 valence electrons. The molecule has 28 heavy (non-hydrogen) atoms. The minimum atomic E-state index is -4.42. The fraction of sp³-hybridized carbons (Fsp3) is 0.438. The van der Waals surface area contributed by atoms with Crippen molar-refractivity contribution in [1.29, 1.82) is 0 Å². The predicted octanol–water partition coefficient (Wildman–Crippen LogP) is 2.73. The third-order valence-electron chi connectivity index (χ3n) is 3.93. The number of guanidine groups is 1. The summed E-state index contributed by atoms with van der Waals surface area (Å²) < 4.78 is 41.8. The van der Waals surface area contributed by atoms with Crippen molar-refractivity contribution in [2.75, 3.05) is 37.7 Å². The number of anilines is 1. The van der Waals surface area contributed by atoms with Gasteiger partial charge in [0.2, 0.25) is 5.88 Å². The molecule has 2 aromatic rings. The van der Waals surface area contributed by atoms with Gasteiger partial charge in [-0.3, -0.25) is 0 Å². The second kappa shape index (κ2) is 10.1. The third kappa shape index (κ3) is 6.36. The maximum Gasteiger partial charge on any atom is 0.422 e. The van der Waals surface area contributed by atoms with Crippen molar-refractivity contribution >= 4 is 46.4 Å². The maximum absolute atomic E-state index is 12.3. The SMILES string of the molecule is I.NC(=NCc1cccnc1OCC(F)(F)F)N1CCN(c2nccs2)CC1. The number of thiazole rings is 1. The lowest BCUT2D eigenvalue weighted by Crippen LogP contribution is -2.51. The molecule has 0 amide bonds. The highest BCUT2D eigenvalue weighted by Crippen LogP contribution is 2.21. The molecule has 12 heteroatoms. The Hall–Kier alpha value is -1.83. The van der Waals surface area contributed by atoms with Crippen LogP contribution in [0, 0.1) is 0 Å². The van der Waals surface area contributed by atoms with Crippen LogP contribution in [0.1, 0.15) is 5.56 Å². The highest BCUT2D eigenvalue weighted by molar-refractivity contribution is 14.0. The zero-order valence-electron chi connectivity index (χ0n) is 14.8. The lowest BCUT2D eigenvalue weighted by molar-refractivity contribution is -0.154. The molecule has 0 unspecified atom stereocenters. The summed E-state index contributed by atoms with van der Waals surface area (Å²) in [5.41, 5.74) is 6.51. The minimum absolute atomic E-state index is 0. The summed E-state index contributed by atoms with van der Waals surface area (Å²) in [6.45, 7) is 1.64. The van der Waals surface area contributed by atoms with Crippen LogP contribution in [0.25, 0.3) is 0 Å². The van der Waals surface area contributed by atoms with Crippen LogP contribution in [0.2, 0.25) is 0 Å². The summed E-state index contributed by atoms with van der Waals surface area (Å²) in [4.78, 5) is 16.6. The van der Waals surface area contributed by atoms with Gasteiger partial charge in [0.15, 0.2) is 17.7 Å². The highest BCUT2D eigenvalue weighted by Gasteiger charge is 2.29. The van der Waals surface area contributed by atoms with E-state index in [4.69, 9.17) is 10.5 Å². The Kier molecular flexibility index (Phi) is 8.10. The Morgan fingerprint density at radius 3 is 2.61 bits per heavy atom. The van der Waals surface area contributed by atoms with E-state index in [-0.39, 0.29) is 36.4 Å². The number of pyridine rings is 1. The summed E-state index contributed by atoms with van der Waals surface area (Å²) in [7, 11) is 0. The summed E-state index contributed by atoms with van der Waals surface area (Å²) in [6.07, 6.45) is -1.27. The molecule has 0 radical (unpaired) electrons. The van der Waals surface area contributed by atoms with Crippen LogP contribution in [-0.4, -0.2) is 59.8 Å². The van der Waals surface area contributed by atoms with Gasteiger partial charge in [-0.15, -0.1) is 35.3 Å². The number of alkyl halides is 3. The molecule has 7 nitrogen and oxygen atoms in total. The van der Waals surface area contributed by atoms with Crippen LogP contribution in [0.15, 0.2) is 34.9 Å². The van der Waals surface area contributed by atoms with E-state index < -0.39 is 12.8 Å². The predicted molar refractivity (Wildman–Crippen MR) is 112 cm³/mol. The second-order valence-corrected chi connectivity index (χ2v) is 6.71. The first kappa shape index (κ1) is 22.5. The Balaban J connectivity index is 0.00000280. The van der Waals surface area contributed by atoms with Gasteiger partial charge in [-0.25, -0.2) is 15.0 Å². The molecule has 0 saturated carbocycles. The standard InChI is InChI=1S/C16H19F3N6OS.HI/c17-16(18,19)11-26-13-12(2-1-3-21-13)10-23-14(20)24-5-7-25(8-6-24)15-22-4-9-27-15;/h1-4,9H,5-8,10-11H2,(H2,20,23);1H. The number of halogens is 4. The fourth-order valence-electron chi connectivity index (χ4n) is 2.59. The zero-order valence-corrected chi connectivity index (χ0v) is 17.9. The van der Waals surface area contributed by atoms with E-state index in [1.807, 2.05) is 10.3 Å². The summed E-state index contributed by atoms with van der Waals surface area (Å²) in [5.74, 6) is 0.263. The van der Waals surface area contributed by atoms with Crippen LogP contribution in [0.5, 0.6) is 5.88 Å². The molecular weight excluding hydrogens is 508 g/mol. The Labute approximate surface area is 181 Å². The lowest BCUT2D eigenvalue weighted by atomic mass is 10.3. The van der Waals surface area contributed by atoms with Crippen molar-refractivity contribution in [2.45, 2.75) is 12.7 Å². The number of aromatic nitrogens is 2. The maximum atomic E-state index is 12.3. The van der Waals surface area contributed by atoms with E-state index in [1.165, 1.54) is 6.20 Å². The molecule has 0 atom stereocenters. The van der Waals surface area contributed by atoms with E-state index in [0.29, 0.717) is 24.6 Å². The average Bonchev–Trinajstić information content (AvgIpc) is 3.19. The lowest BCUT2D eigenvalue weighted by Gasteiger charge is -2.35. The highest BCUT2D eigenvalue weighted by atomic mass is 127. The minimum Gasteiger partial charge on any atom is -0.468 e. The van der Waals surface area contributed by atoms with Gasteiger partial charge in [-0.2, -0.15) is 13.2 Å². The smallest absolute Gasteiger partial charge is 0.422 e. The second-order valence-electron chi connectivity index (χ2n) is 5.83. The first-order valence-corrected chi connectivity index (χ1v) is 9.13. The van der Waals surface area contributed by atoms with Crippen LogP contribution >= 0.6 is 35.3 Å². The van der Waals surface area contributed by atoms with E-state index in [2.05, 4.69) is 19.9 Å². The van der Waals surface area contributed by atoms with E-state index in [0.717, 1.165) is 18.2 Å². The molecule has 0 bridgehead atoms. The average molecular weight is 528 g/mol. The van der Waals surface area contributed by atoms with Crippen LogP contribution in [0.4, 0.5) is 18.3 Å². The zero-order chi connectivity index (χ0) is 19.3. The first-order valence-electron chi connectivity index (χ1n) is 8.25. The van der Waals surface area contributed by atoms with Crippen LogP contribution in [0.3, 0.4) is 0 Å². The largest absolute Gasteiger partial charge is 0.468 e. The van der Waals surface area contributed by atoms with Crippen LogP contribution in [-0.2, 0) is 6.54 Å². The molecule has 3 rings (SSSR count). The quantitative estimate of drug-likeness (QED) is 0.366. The van der Waals surface area contributed by atoms with Crippen molar-refractivity contribution in [3.8, 4) is 5.88 Å². The number of nitrogens with two attached hydrogens (primary N) is 1. The summed E-state index contributed by atoms with van der Waals surface area (Å²) >= 11 is 1.59. The van der Waals surface area contributed by atoms with Crippen molar-refractivity contribution in [2.24, 2.45) is 10.7 Å². The van der Waals surface area contributed by atoms with E-state index in [9.17, 15) is 13.2 Å². The number of nitrogens with zero attached hydrogens (tertiary/aromatic N) is 5. The molecule has 0 spiro atoms. The normalized spacial score (nSPS) is 15.3. The van der Waals surface area contributed by atoms with E-state index in [1.54, 1.807) is 29.7 Å². The fourth-order valence-corrected chi connectivity index (χ4v) is 3.29. The Morgan fingerprint density at radius 2 is 1.96 bits per heavy atom.